The van der Waals surface area contributed by atoms with Crippen molar-refractivity contribution in [2.24, 2.45) is 5.73 Å². The second-order valence-corrected chi connectivity index (χ2v) is 5.59. The topological polar surface area (TPSA) is 120 Å². The molecule has 2 aromatic rings. The van der Waals surface area contributed by atoms with Crippen LogP contribution in [0.4, 0.5) is 5.69 Å². The summed E-state index contributed by atoms with van der Waals surface area (Å²) in [7, 11) is 0. The summed E-state index contributed by atoms with van der Waals surface area (Å²) < 4.78 is 0. The van der Waals surface area contributed by atoms with E-state index < -0.39 is 0 Å². The van der Waals surface area contributed by atoms with Crippen LogP contribution in [0.15, 0.2) is 30.3 Å². The molecule has 0 bridgehead atoms. The minimum Gasteiger partial charge on any atom is -0.507 e. The average Bonchev–Trinajstić information content (AvgIpc) is 2.56. The summed E-state index contributed by atoms with van der Waals surface area (Å²) in [5, 5.41) is 32.6. The Morgan fingerprint density at radius 1 is 1.26 bits per heavy atom. The van der Waals surface area contributed by atoms with Gasteiger partial charge in [-0.3, -0.25) is 5.41 Å². The van der Waals surface area contributed by atoms with Crippen molar-refractivity contribution in [2.45, 2.75) is 18.9 Å². The van der Waals surface area contributed by atoms with Crippen LogP contribution >= 0.6 is 0 Å². The molecular weight excluding hydrogens is 292 g/mol. The van der Waals surface area contributed by atoms with Crippen LogP contribution in [-0.4, -0.2) is 40.3 Å². The van der Waals surface area contributed by atoms with Crippen LogP contribution in [0.5, 0.6) is 5.75 Å². The fraction of sp³-hybridized carbons (Fsp3) is 0.312. The Morgan fingerprint density at radius 3 is 2.70 bits per heavy atom. The van der Waals surface area contributed by atoms with Gasteiger partial charge in [-0.15, -0.1) is 10.2 Å². The highest BCUT2D eigenvalue weighted by molar-refractivity contribution is 5.98. The molecule has 7 nitrogen and oxygen atoms in total. The van der Waals surface area contributed by atoms with Gasteiger partial charge < -0.3 is 21.5 Å². The summed E-state index contributed by atoms with van der Waals surface area (Å²) in [6, 6.07) is 9.06. The first kappa shape index (κ1) is 15.2. The summed E-state index contributed by atoms with van der Waals surface area (Å²) in [5.41, 5.74) is 7.78. The molecule has 0 amide bonds. The lowest BCUT2D eigenvalue weighted by atomic mass is 10.1. The SMILES string of the molecule is N=C(N)c1nnc(-c2ccccc2O)cc1NC1CCNCC1. The molecule has 0 saturated carbocycles. The number of aromatic nitrogens is 2. The van der Waals surface area contributed by atoms with E-state index in [1.807, 2.05) is 6.07 Å². The molecule has 1 aromatic carbocycles. The third-order valence-electron chi connectivity index (χ3n) is 3.93. The molecule has 7 heteroatoms. The number of hydrogen-bond acceptors (Lipinski definition) is 6. The van der Waals surface area contributed by atoms with Crippen molar-refractivity contribution in [2.75, 3.05) is 18.4 Å². The molecule has 0 aliphatic carbocycles. The lowest BCUT2D eigenvalue weighted by Gasteiger charge is -2.25. The quantitative estimate of drug-likeness (QED) is 0.429. The van der Waals surface area contributed by atoms with E-state index >= 15 is 0 Å². The molecule has 1 saturated heterocycles. The number of piperidine rings is 1. The molecule has 0 radical (unpaired) electrons. The number of nitrogens with zero attached hydrogens (tertiary/aromatic N) is 2. The largest absolute Gasteiger partial charge is 0.507 e. The first-order valence-corrected chi connectivity index (χ1v) is 7.63. The first-order valence-electron chi connectivity index (χ1n) is 7.63. The number of nitrogens with one attached hydrogen (secondary N) is 3. The predicted octanol–water partition coefficient (Wildman–Crippen LogP) is 1.30. The Kier molecular flexibility index (Phi) is 4.38. The van der Waals surface area contributed by atoms with Crippen LogP contribution in [0.2, 0.25) is 0 Å². The highest BCUT2D eigenvalue weighted by Gasteiger charge is 2.18. The smallest absolute Gasteiger partial charge is 0.150 e. The van der Waals surface area contributed by atoms with Gasteiger partial charge in [-0.25, -0.2) is 0 Å². The van der Waals surface area contributed by atoms with Gasteiger partial charge in [0, 0.05) is 11.6 Å². The molecule has 1 fully saturated rings. The third kappa shape index (κ3) is 3.40. The molecule has 3 rings (SSSR count). The van der Waals surface area contributed by atoms with Crippen molar-refractivity contribution in [3.05, 3.63) is 36.0 Å². The summed E-state index contributed by atoms with van der Waals surface area (Å²) in [6.45, 7) is 1.91. The molecule has 0 atom stereocenters. The predicted molar refractivity (Wildman–Crippen MR) is 89.7 cm³/mol. The highest BCUT2D eigenvalue weighted by atomic mass is 16.3. The lowest BCUT2D eigenvalue weighted by Crippen LogP contribution is -2.36. The van der Waals surface area contributed by atoms with Crippen molar-refractivity contribution in [3.8, 4) is 17.0 Å². The maximum Gasteiger partial charge on any atom is 0.150 e. The number of para-hydroxylation sites is 1. The van der Waals surface area contributed by atoms with E-state index in [0.717, 1.165) is 25.9 Å². The molecule has 0 spiro atoms. The number of nitrogen functional groups attached to an aromatic ring is 1. The minimum atomic E-state index is -0.127. The van der Waals surface area contributed by atoms with E-state index in [4.69, 9.17) is 11.1 Å². The van der Waals surface area contributed by atoms with Gasteiger partial charge in [0.05, 0.1) is 11.4 Å². The van der Waals surface area contributed by atoms with E-state index in [1.165, 1.54) is 0 Å². The van der Waals surface area contributed by atoms with Gasteiger partial charge in [-0.2, -0.15) is 0 Å². The Morgan fingerprint density at radius 2 is 2.00 bits per heavy atom. The second kappa shape index (κ2) is 6.62. The number of benzene rings is 1. The Bertz CT molecular complexity index is 711. The average molecular weight is 312 g/mol. The molecule has 120 valence electrons. The fourth-order valence-corrected chi connectivity index (χ4v) is 2.71. The van der Waals surface area contributed by atoms with Crippen LogP contribution in [0, 0.1) is 5.41 Å². The molecule has 1 aliphatic heterocycles. The zero-order chi connectivity index (χ0) is 16.2. The van der Waals surface area contributed by atoms with Gasteiger partial charge in [0.25, 0.3) is 0 Å². The zero-order valence-corrected chi connectivity index (χ0v) is 12.7. The molecular formula is C16H20N6O. The van der Waals surface area contributed by atoms with Crippen LogP contribution in [0.3, 0.4) is 0 Å². The Labute approximate surface area is 134 Å². The van der Waals surface area contributed by atoms with Gasteiger partial charge in [0.2, 0.25) is 0 Å². The standard InChI is InChI=1S/C16H20N6O/c17-16(18)15-13(20-10-5-7-19-8-6-10)9-12(21-22-15)11-3-1-2-4-14(11)23/h1-4,9-10,19,23H,5-8H2,(H3,17,18)(H,20,21). The van der Waals surface area contributed by atoms with Crippen molar-refractivity contribution >= 4 is 11.5 Å². The van der Waals surface area contributed by atoms with E-state index in [0.29, 0.717) is 28.7 Å². The van der Waals surface area contributed by atoms with E-state index in [1.54, 1.807) is 24.3 Å². The molecule has 23 heavy (non-hydrogen) atoms. The Hall–Kier alpha value is -2.67. The van der Waals surface area contributed by atoms with Gasteiger partial charge in [0.1, 0.15) is 11.6 Å². The number of phenols is 1. The lowest BCUT2D eigenvalue weighted by molar-refractivity contribution is 0.477. The highest BCUT2D eigenvalue weighted by Crippen LogP contribution is 2.29. The number of phenolic OH excluding ortho intramolecular Hbond substituents is 1. The van der Waals surface area contributed by atoms with Gasteiger partial charge >= 0.3 is 0 Å². The number of amidine groups is 1. The molecule has 1 aromatic heterocycles. The fourth-order valence-electron chi connectivity index (χ4n) is 2.71. The minimum absolute atomic E-state index is 0.127. The van der Waals surface area contributed by atoms with Crippen LogP contribution < -0.4 is 16.4 Å². The van der Waals surface area contributed by atoms with Crippen molar-refractivity contribution in [3.63, 3.8) is 0 Å². The number of nitrogens with two attached hydrogens (primary N) is 1. The van der Waals surface area contributed by atoms with Crippen LogP contribution in [0.25, 0.3) is 11.3 Å². The van der Waals surface area contributed by atoms with E-state index in [9.17, 15) is 5.11 Å². The number of anilines is 1. The summed E-state index contributed by atoms with van der Waals surface area (Å²) in [6.07, 6.45) is 1.98. The van der Waals surface area contributed by atoms with Gasteiger partial charge in [-0.05, 0) is 44.1 Å². The monoisotopic (exact) mass is 312 g/mol. The summed E-state index contributed by atoms with van der Waals surface area (Å²) >= 11 is 0. The number of hydrogen-bond donors (Lipinski definition) is 5. The normalized spacial score (nSPS) is 15.3. The summed E-state index contributed by atoms with van der Waals surface area (Å²) in [4.78, 5) is 0. The van der Waals surface area contributed by atoms with Gasteiger partial charge in [-0.1, -0.05) is 12.1 Å². The van der Waals surface area contributed by atoms with Crippen molar-refractivity contribution in [1.82, 2.24) is 15.5 Å². The molecule has 1 aliphatic rings. The van der Waals surface area contributed by atoms with Crippen LogP contribution in [0.1, 0.15) is 18.5 Å². The number of aromatic hydroxyl groups is 1. The van der Waals surface area contributed by atoms with Crippen molar-refractivity contribution < 1.29 is 5.11 Å². The van der Waals surface area contributed by atoms with Crippen molar-refractivity contribution in [1.29, 1.82) is 5.41 Å². The first-order chi connectivity index (χ1) is 11.1. The Balaban J connectivity index is 1.96. The van der Waals surface area contributed by atoms with Crippen LogP contribution in [-0.2, 0) is 0 Å². The summed E-state index contributed by atoms with van der Waals surface area (Å²) in [5.74, 6) is 0.0166. The second-order valence-electron chi connectivity index (χ2n) is 5.59. The maximum absolute atomic E-state index is 9.99. The molecule has 0 unspecified atom stereocenters. The van der Waals surface area contributed by atoms with E-state index in [2.05, 4.69) is 20.8 Å². The number of rotatable bonds is 4. The van der Waals surface area contributed by atoms with E-state index in [-0.39, 0.29) is 11.6 Å². The van der Waals surface area contributed by atoms with Gasteiger partial charge in [0.15, 0.2) is 5.69 Å². The maximum atomic E-state index is 9.99. The third-order valence-corrected chi connectivity index (χ3v) is 3.93. The zero-order valence-electron chi connectivity index (χ0n) is 12.7. The molecule has 6 N–H and O–H groups in total. The molecule has 2 heterocycles.